The van der Waals surface area contributed by atoms with Crippen LogP contribution in [0.2, 0.25) is 15.1 Å². The highest BCUT2D eigenvalue weighted by molar-refractivity contribution is 6.48. The Morgan fingerprint density at radius 2 is 1.96 bits per heavy atom. The van der Waals surface area contributed by atoms with E-state index in [1.807, 2.05) is 0 Å². The number of piperazine rings is 1. The van der Waals surface area contributed by atoms with Gasteiger partial charge in [0.25, 0.3) is 11.8 Å². The van der Waals surface area contributed by atoms with Crippen molar-refractivity contribution < 1.29 is 19.8 Å². The molecule has 3 rings (SSSR count). The molecule has 2 aliphatic rings. The van der Waals surface area contributed by atoms with Crippen LogP contribution in [0.25, 0.3) is 0 Å². The number of aliphatic hydroxyl groups excluding tert-OH is 1. The van der Waals surface area contributed by atoms with E-state index < -0.39 is 24.5 Å². The predicted molar refractivity (Wildman–Crippen MR) is 89.3 cm³/mol. The van der Waals surface area contributed by atoms with Crippen molar-refractivity contribution in [3.63, 3.8) is 0 Å². The van der Waals surface area contributed by atoms with Gasteiger partial charge in [-0.25, -0.2) is 0 Å². The fraction of sp³-hybridized carbons (Fsp3) is 0.333. The second kappa shape index (κ2) is 6.44. The lowest BCUT2D eigenvalue weighted by Gasteiger charge is -2.38. The largest absolute Gasteiger partial charge is 0.508 e. The van der Waals surface area contributed by atoms with Gasteiger partial charge >= 0.3 is 0 Å². The lowest BCUT2D eigenvalue weighted by Crippen LogP contribution is -2.59. The van der Waals surface area contributed by atoms with Gasteiger partial charge in [0.2, 0.25) is 0 Å². The first-order valence-electron chi connectivity index (χ1n) is 7.16. The van der Waals surface area contributed by atoms with Gasteiger partial charge in [-0.3, -0.25) is 9.59 Å². The highest BCUT2D eigenvalue weighted by Crippen LogP contribution is 2.45. The minimum Gasteiger partial charge on any atom is -0.508 e. The maximum Gasteiger partial charge on any atom is 0.268 e. The van der Waals surface area contributed by atoms with Gasteiger partial charge in [0.15, 0.2) is 0 Å². The lowest BCUT2D eigenvalue weighted by atomic mass is 9.89. The molecule has 6 nitrogen and oxygen atoms in total. The summed E-state index contributed by atoms with van der Waals surface area (Å²) in [5.41, 5.74) is 0.533. The van der Waals surface area contributed by atoms with Crippen molar-refractivity contribution in [2.45, 2.75) is 18.4 Å². The molecular weight excluding hydrogens is 379 g/mol. The Kier molecular flexibility index (Phi) is 4.66. The van der Waals surface area contributed by atoms with E-state index in [0.717, 1.165) is 0 Å². The van der Waals surface area contributed by atoms with Crippen LogP contribution < -0.4 is 5.32 Å². The van der Waals surface area contributed by atoms with Crippen molar-refractivity contribution >= 4 is 46.6 Å². The van der Waals surface area contributed by atoms with Crippen molar-refractivity contribution in [1.29, 1.82) is 0 Å². The molecule has 1 aromatic carbocycles. The van der Waals surface area contributed by atoms with E-state index in [0.29, 0.717) is 12.0 Å². The summed E-state index contributed by atoms with van der Waals surface area (Å²) < 4.78 is 0. The minimum atomic E-state index is -0.937. The first kappa shape index (κ1) is 17.4. The molecule has 0 aromatic heterocycles. The number of allylic oxidation sites excluding steroid dienone is 1. The number of nitrogens with zero attached hydrogens (tertiary/aromatic N) is 1. The van der Waals surface area contributed by atoms with Gasteiger partial charge in [-0.05, 0) is 12.5 Å². The van der Waals surface area contributed by atoms with Crippen molar-refractivity contribution in [2.75, 3.05) is 13.2 Å². The zero-order chi connectivity index (χ0) is 17.6. The molecule has 2 heterocycles. The fourth-order valence-electron chi connectivity index (χ4n) is 2.96. The summed E-state index contributed by atoms with van der Waals surface area (Å²) in [4.78, 5) is 25.7. The van der Waals surface area contributed by atoms with Gasteiger partial charge in [0.05, 0.1) is 21.7 Å². The number of benzene rings is 1. The van der Waals surface area contributed by atoms with E-state index in [1.54, 1.807) is 6.08 Å². The second-order valence-corrected chi connectivity index (χ2v) is 6.73. The average Bonchev–Trinajstić information content (AvgIpc) is 2.56. The molecule has 2 amide bonds. The van der Waals surface area contributed by atoms with Gasteiger partial charge in [0.1, 0.15) is 17.5 Å². The molecule has 9 heteroatoms. The van der Waals surface area contributed by atoms with Gasteiger partial charge in [-0.2, -0.15) is 0 Å². The van der Waals surface area contributed by atoms with Crippen LogP contribution in [0.4, 0.5) is 0 Å². The Morgan fingerprint density at radius 3 is 2.62 bits per heavy atom. The van der Waals surface area contributed by atoms with E-state index in [2.05, 4.69) is 5.32 Å². The Balaban J connectivity index is 2.02. The summed E-state index contributed by atoms with van der Waals surface area (Å²) in [6, 6.07) is 0.359. The monoisotopic (exact) mass is 390 g/mol. The van der Waals surface area contributed by atoms with Crippen LogP contribution in [-0.2, 0) is 9.59 Å². The number of fused-ring (bicyclic) bond motifs is 1. The van der Waals surface area contributed by atoms with Gasteiger partial charge in [-0.1, -0.05) is 34.8 Å². The molecule has 128 valence electrons. The molecule has 1 aromatic rings. The maximum absolute atomic E-state index is 12.2. The number of carbonyl (C=O) groups is 2. The molecule has 0 saturated carbocycles. The smallest absolute Gasteiger partial charge is 0.268 e. The summed E-state index contributed by atoms with van der Waals surface area (Å²) in [5.74, 6) is -1.36. The number of phenols is 1. The van der Waals surface area contributed by atoms with Crippen LogP contribution >= 0.6 is 34.8 Å². The topological polar surface area (TPSA) is 89.9 Å². The van der Waals surface area contributed by atoms with Crippen LogP contribution in [0.3, 0.4) is 0 Å². The number of hydrogen-bond donors (Lipinski definition) is 3. The number of carbonyl (C=O) groups excluding carboxylic acids is 2. The van der Waals surface area contributed by atoms with Gasteiger partial charge in [0, 0.05) is 24.1 Å². The summed E-state index contributed by atoms with van der Waals surface area (Å²) >= 11 is 18.1. The molecule has 0 radical (unpaired) electrons. The normalized spacial score (nSPS) is 23.7. The number of phenolic OH excluding ortho intramolecular Hbond substituents is 1. The average molecular weight is 392 g/mol. The highest BCUT2D eigenvalue weighted by atomic mass is 35.5. The summed E-state index contributed by atoms with van der Waals surface area (Å²) in [6.45, 7) is -0.202. The Morgan fingerprint density at radius 1 is 1.25 bits per heavy atom. The van der Waals surface area contributed by atoms with E-state index in [9.17, 15) is 14.7 Å². The van der Waals surface area contributed by atoms with Gasteiger partial charge in [-0.15, -0.1) is 0 Å². The van der Waals surface area contributed by atoms with E-state index in [4.69, 9.17) is 39.9 Å². The van der Waals surface area contributed by atoms with Crippen molar-refractivity contribution in [1.82, 2.24) is 10.2 Å². The SMILES string of the molecule is O=C1N[C@@H](CO)C(=O)N2CC[C@H](c3c(O)cc(Cl)c(Cl)c3Cl)C=C12. The number of aliphatic hydroxyl groups is 1. The number of hydrogen-bond acceptors (Lipinski definition) is 4. The number of nitrogens with one attached hydrogen (secondary N) is 1. The van der Waals surface area contributed by atoms with Crippen LogP contribution in [0.1, 0.15) is 17.9 Å². The maximum atomic E-state index is 12.2. The van der Waals surface area contributed by atoms with Crippen LogP contribution in [0.15, 0.2) is 17.8 Å². The minimum absolute atomic E-state index is 0.118. The fourth-order valence-corrected chi connectivity index (χ4v) is 3.70. The Hall–Kier alpha value is -1.47. The molecule has 0 bridgehead atoms. The third-order valence-corrected chi connectivity index (χ3v) is 5.42. The van der Waals surface area contributed by atoms with Crippen molar-refractivity contribution in [3.8, 4) is 5.75 Å². The molecule has 3 N–H and O–H groups in total. The number of halogens is 3. The van der Waals surface area contributed by atoms with Gasteiger partial charge < -0.3 is 20.4 Å². The van der Waals surface area contributed by atoms with Crippen molar-refractivity contribution in [2.24, 2.45) is 0 Å². The summed E-state index contributed by atoms with van der Waals surface area (Å²) in [6.07, 6.45) is 2.00. The lowest BCUT2D eigenvalue weighted by molar-refractivity contribution is -0.141. The molecule has 2 aliphatic heterocycles. The molecule has 0 aliphatic carbocycles. The quantitative estimate of drug-likeness (QED) is 0.673. The van der Waals surface area contributed by atoms with Crippen LogP contribution in [-0.4, -0.2) is 46.1 Å². The molecule has 1 saturated heterocycles. The zero-order valence-electron chi connectivity index (χ0n) is 12.2. The zero-order valence-corrected chi connectivity index (χ0v) is 14.5. The first-order valence-corrected chi connectivity index (χ1v) is 8.29. The molecule has 0 spiro atoms. The summed E-state index contributed by atoms with van der Waals surface area (Å²) in [7, 11) is 0. The first-order chi connectivity index (χ1) is 11.3. The predicted octanol–water partition coefficient (Wildman–Crippen LogP) is 2.04. The second-order valence-electron chi connectivity index (χ2n) is 5.56. The number of aromatic hydroxyl groups is 1. The van der Waals surface area contributed by atoms with Crippen molar-refractivity contribution in [3.05, 3.63) is 38.5 Å². The number of rotatable bonds is 2. The third kappa shape index (κ3) is 2.73. The molecule has 24 heavy (non-hydrogen) atoms. The highest BCUT2D eigenvalue weighted by Gasteiger charge is 2.39. The third-order valence-electron chi connectivity index (χ3n) is 4.15. The molecule has 1 fully saturated rings. The molecule has 2 atom stereocenters. The van der Waals surface area contributed by atoms with Crippen LogP contribution in [0.5, 0.6) is 5.75 Å². The van der Waals surface area contributed by atoms with Crippen LogP contribution in [0, 0.1) is 0 Å². The number of amides is 2. The van der Waals surface area contributed by atoms with E-state index in [1.165, 1.54) is 11.0 Å². The molecular formula is C15H13Cl3N2O4. The standard InChI is InChI=1S/C15H13Cl3N2O4/c16-7-4-10(22)11(13(18)12(7)17)6-1-2-20-9(3-6)14(23)19-8(5-21)15(20)24/h3-4,6,8,21-22H,1-2,5H2,(H,19,23)/t6-,8-/m0/s1. The Bertz CT molecular complexity index is 766. The summed E-state index contributed by atoms with van der Waals surface area (Å²) in [5, 5.41) is 22.2. The Labute approximate surface area is 152 Å². The van der Waals surface area contributed by atoms with E-state index in [-0.39, 0.29) is 39.0 Å². The molecule has 0 unspecified atom stereocenters. The van der Waals surface area contributed by atoms with E-state index >= 15 is 0 Å².